The Labute approximate surface area is 129 Å². The van der Waals surface area contributed by atoms with Crippen LogP contribution in [-0.4, -0.2) is 35.1 Å². The number of carboxylic acids is 1. The van der Waals surface area contributed by atoms with Crippen LogP contribution < -0.4 is 5.32 Å². The maximum atomic E-state index is 11.9. The van der Waals surface area contributed by atoms with Crippen LogP contribution in [0.4, 0.5) is 10.5 Å². The van der Waals surface area contributed by atoms with Crippen LogP contribution in [0.5, 0.6) is 0 Å². The highest BCUT2D eigenvalue weighted by atomic mass is 127. The van der Waals surface area contributed by atoms with E-state index in [1.165, 1.54) is 6.08 Å². The SMILES string of the molecule is C=CCN(CC(=O)O)C(=O)Nc1cc(I)ccc1Cl. The van der Waals surface area contributed by atoms with Crippen LogP contribution in [0.25, 0.3) is 0 Å². The lowest BCUT2D eigenvalue weighted by molar-refractivity contribution is -0.137. The standard InChI is InChI=1S/C12H12ClIN2O3/c1-2-5-16(7-11(17)18)12(19)15-10-6-8(14)3-4-9(10)13/h2-4,6H,1,5,7H2,(H,15,19)(H,17,18). The third kappa shape index (κ3) is 5.07. The molecule has 0 aliphatic carbocycles. The number of amides is 2. The Kier molecular flexibility index (Phi) is 6.10. The van der Waals surface area contributed by atoms with Crippen molar-refractivity contribution in [2.24, 2.45) is 0 Å². The molecule has 0 heterocycles. The number of urea groups is 1. The van der Waals surface area contributed by atoms with E-state index in [-0.39, 0.29) is 6.54 Å². The van der Waals surface area contributed by atoms with Gasteiger partial charge in [-0.25, -0.2) is 4.79 Å². The van der Waals surface area contributed by atoms with Gasteiger partial charge in [0.1, 0.15) is 6.54 Å². The van der Waals surface area contributed by atoms with Gasteiger partial charge in [-0.15, -0.1) is 6.58 Å². The minimum Gasteiger partial charge on any atom is -0.480 e. The number of benzene rings is 1. The molecular weight excluding hydrogens is 383 g/mol. The highest BCUT2D eigenvalue weighted by Crippen LogP contribution is 2.24. The van der Waals surface area contributed by atoms with E-state index < -0.39 is 18.5 Å². The summed E-state index contributed by atoms with van der Waals surface area (Å²) >= 11 is 8.04. The van der Waals surface area contributed by atoms with Crippen molar-refractivity contribution in [3.05, 3.63) is 39.4 Å². The summed E-state index contributed by atoms with van der Waals surface area (Å²) in [6.07, 6.45) is 1.46. The smallest absolute Gasteiger partial charge is 0.323 e. The predicted octanol–water partition coefficient (Wildman–Crippen LogP) is 3.05. The lowest BCUT2D eigenvalue weighted by Crippen LogP contribution is -2.38. The Hall–Kier alpha value is -1.28. The third-order valence-corrected chi connectivity index (χ3v) is 3.13. The molecular formula is C12H12ClIN2O3. The molecule has 19 heavy (non-hydrogen) atoms. The van der Waals surface area contributed by atoms with Gasteiger partial charge in [0.25, 0.3) is 0 Å². The highest BCUT2D eigenvalue weighted by molar-refractivity contribution is 14.1. The van der Waals surface area contributed by atoms with Crippen molar-refractivity contribution in [2.45, 2.75) is 0 Å². The fourth-order valence-electron chi connectivity index (χ4n) is 1.33. The van der Waals surface area contributed by atoms with Crippen LogP contribution in [0.3, 0.4) is 0 Å². The predicted molar refractivity (Wildman–Crippen MR) is 82.6 cm³/mol. The lowest BCUT2D eigenvalue weighted by Gasteiger charge is -2.20. The Morgan fingerprint density at radius 3 is 2.79 bits per heavy atom. The van der Waals surface area contributed by atoms with Gasteiger partial charge in [-0.2, -0.15) is 0 Å². The van der Waals surface area contributed by atoms with E-state index in [1.54, 1.807) is 18.2 Å². The van der Waals surface area contributed by atoms with E-state index in [9.17, 15) is 9.59 Å². The molecule has 2 N–H and O–H groups in total. The Morgan fingerprint density at radius 2 is 2.21 bits per heavy atom. The molecule has 0 saturated carbocycles. The number of carbonyl (C=O) groups excluding carboxylic acids is 1. The van der Waals surface area contributed by atoms with Crippen LogP contribution in [-0.2, 0) is 4.79 Å². The molecule has 0 bridgehead atoms. The molecule has 0 spiro atoms. The molecule has 5 nitrogen and oxygen atoms in total. The van der Waals surface area contributed by atoms with Crippen molar-refractivity contribution in [2.75, 3.05) is 18.4 Å². The highest BCUT2D eigenvalue weighted by Gasteiger charge is 2.16. The second kappa shape index (κ2) is 7.34. The molecule has 0 radical (unpaired) electrons. The van der Waals surface area contributed by atoms with Gasteiger partial charge in [0.2, 0.25) is 0 Å². The lowest BCUT2D eigenvalue weighted by atomic mass is 10.3. The first kappa shape index (κ1) is 15.8. The van der Waals surface area contributed by atoms with E-state index in [4.69, 9.17) is 16.7 Å². The molecule has 0 saturated heterocycles. The van der Waals surface area contributed by atoms with Crippen LogP contribution >= 0.6 is 34.2 Å². The number of carbonyl (C=O) groups is 2. The van der Waals surface area contributed by atoms with E-state index in [0.717, 1.165) is 8.47 Å². The molecule has 102 valence electrons. The van der Waals surface area contributed by atoms with Gasteiger partial charge < -0.3 is 15.3 Å². The van der Waals surface area contributed by atoms with Crippen LogP contribution in [0, 0.1) is 3.57 Å². The first-order valence-corrected chi connectivity index (χ1v) is 6.73. The number of nitrogens with zero attached hydrogens (tertiary/aromatic N) is 1. The molecule has 0 aliphatic heterocycles. The van der Waals surface area contributed by atoms with Gasteiger partial charge in [0, 0.05) is 10.1 Å². The van der Waals surface area contributed by atoms with E-state index >= 15 is 0 Å². The molecule has 0 aliphatic rings. The average molecular weight is 395 g/mol. The summed E-state index contributed by atoms with van der Waals surface area (Å²) < 4.78 is 0.908. The number of hydrogen-bond donors (Lipinski definition) is 2. The van der Waals surface area contributed by atoms with Gasteiger partial charge in [-0.1, -0.05) is 17.7 Å². The van der Waals surface area contributed by atoms with E-state index in [0.29, 0.717) is 10.7 Å². The van der Waals surface area contributed by atoms with Gasteiger partial charge in [0.15, 0.2) is 0 Å². The summed E-state index contributed by atoms with van der Waals surface area (Å²) in [4.78, 5) is 23.7. The van der Waals surface area contributed by atoms with Gasteiger partial charge in [0.05, 0.1) is 10.7 Å². The van der Waals surface area contributed by atoms with Crippen molar-refractivity contribution < 1.29 is 14.7 Å². The average Bonchev–Trinajstić information content (AvgIpc) is 2.32. The summed E-state index contributed by atoms with van der Waals surface area (Å²) in [6.45, 7) is 3.22. The Balaban J connectivity index is 2.83. The maximum absolute atomic E-state index is 11.9. The summed E-state index contributed by atoms with van der Waals surface area (Å²) in [6, 6.07) is 4.63. The summed E-state index contributed by atoms with van der Waals surface area (Å²) in [7, 11) is 0. The zero-order valence-electron chi connectivity index (χ0n) is 9.90. The van der Waals surface area contributed by atoms with Crippen molar-refractivity contribution in [3.8, 4) is 0 Å². The van der Waals surface area contributed by atoms with Crippen LogP contribution in [0.2, 0.25) is 5.02 Å². The normalized spacial score (nSPS) is 9.79. The van der Waals surface area contributed by atoms with Crippen LogP contribution in [0.1, 0.15) is 0 Å². The molecule has 7 heteroatoms. The molecule has 2 amide bonds. The molecule has 1 aromatic rings. The number of halogens is 2. The second-order valence-electron chi connectivity index (χ2n) is 3.62. The van der Waals surface area contributed by atoms with Crippen molar-refractivity contribution in [1.82, 2.24) is 4.90 Å². The Morgan fingerprint density at radius 1 is 1.53 bits per heavy atom. The first-order valence-electron chi connectivity index (χ1n) is 5.27. The number of carboxylic acid groups (broad SMARTS) is 1. The van der Waals surface area contributed by atoms with Gasteiger partial charge in [-0.05, 0) is 40.8 Å². The number of aliphatic carboxylic acids is 1. The third-order valence-electron chi connectivity index (χ3n) is 2.13. The van der Waals surface area contributed by atoms with Crippen molar-refractivity contribution in [1.29, 1.82) is 0 Å². The fraction of sp³-hybridized carbons (Fsp3) is 0.167. The topological polar surface area (TPSA) is 69.6 Å². The summed E-state index contributed by atoms with van der Waals surface area (Å²) in [5.41, 5.74) is 0.443. The minimum absolute atomic E-state index is 0.139. The molecule has 1 rings (SSSR count). The second-order valence-corrected chi connectivity index (χ2v) is 5.27. The molecule has 1 aromatic carbocycles. The summed E-state index contributed by atoms with van der Waals surface area (Å²) in [5.74, 6) is -1.09. The van der Waals surface area contributed by atoms with Gasteiger partial charge in [-0.3, -0.25) is 4.79 Å². The molecule has 0 atom stereocenters. The largest absolute Gasteiger partial charge is 0.480 e. The number of nitrogens with one attached hydrogen (secondary N) is 1. The first-order chi connectivity index (χ1) is 8.93. The zero-order chi connectivity index (χ0) is 14.4. The number of anilines is 1. The monoisotopic (exact) mass is 394 g/mol. The Bertz CT molecular complexity index is 508. The number of rotatable bonds is 5. The van der Waals surface area contributed by atoms with Crippen molar-refractivity contribution >= 4 is 51.9 Å². The van der Waals surface area contributed by atoms with E-state index in [2.05, 4.69) is 34.5 Å². The van der Waals surface area contributed by atoms with Crippen LogP contribution in [0.15, 0.2) is 30.9 Å². The molecule has 0 fully saturated rings. The zero-order valence-corrected chi connectivity index (χ0v) is 12.8. The van der Waals surface area contributed by atoms with E-state index in [1.807, 2.05) is 0 Å². The van der Waals surface area contributed by atoms with Crippen molar-refractivity contribution in [3.63, 3.8) is 0 Å². The molecule has 0 unspecified atom stereocenters. The minimum atomic E-state index is -1.09. The summed E-state index contributed by atoms with van der Waals surface area (Å²) in [5, 5.41) is 11.7. The number of hydrogen-bond acceptors (Lipinski definition) is 2. The van der Waals surface area contributed by atoms with Gasteiger partial charge >= 0.3 is 12.0 Å². The maximum Gasteiger partial charge on any atom is 0.323 e. The molecule has 0 aromatic heterocycles. The quantitative estimate of drug-likeness (QED) is 0.596. The fourth-order valence-corrected chi connectivity index (χ4v) is 1.98.